The van der Waals surface area contributed by atoms with Crippen molar-refractivity contribution in [3.63, 3.8) is 0 Å². The van der Waals surface area contributed by atoms with E-state index in [2.05, 4.69) is 40.3 Å². The molecule has 2 N–H and O–H groups in total. The maximum absolute atomic E-state index is 6.07. The largest absolute Gasteiger partial charge is 0.381 e. The highest BCUT2D eigenvalue weighted by molar-refractivity contribution is 5.74. The SMILES string of the molecule is C.C.CC1CCC(c2cn3c4c(ncc3n2)CC=C4C2CCOCC2)CC1.NC1CCC(c2cn3c4c(ncc3n2)CC=C4C2CCOCC2)CC1. The van der Waals surface area contributed by atoms with Gasteiger partial charge in [0.2, 0.25) is 0 Å². The van der Waals surface area contributed by atoms with Crippen LogP contribution in [0.5, 0.6) is 0 Å². The van der Waals surface area contributed by atoms with Crippen LogP contribution in [0, 0.1) is 17.8 Å². The van der Waals surface area contributed by atoms with Gasteiger partial charge in [0.05, 0.1) is 46.6 Å². The second kappa shape index (κ2) is 15.9. The molecular formula is C43H61N7O2. The first-order valence-corrected chi connectivity index (χ1v) is 19.6. The third-order valence-electron chi connectivity index (χ3n) is 12.7. The van der Waals surface area contributed by atoms with Crippen molar-refractivity contribution in [3.8, 4) is 0 Å². The van der Waals surface area contributed by atoms with E-state index in [4.69, 9.17) is 35.1 Å². The van der Waals surface area contributed by atoms with Crippen LogP contribution in [0.3, 0.4) is 0 Å². The Morgan fingerprint density at radius 2 is 1.00 bits per heavy atom. The van der Waals surface area contributed by atoms with Gasteiger partial charge in [-0.3, -0.25) is 18.8 Å². The predicted octanol–water partition coefficient (Wildman–Crippen LogP) is 8.74. The zero-order valence-electron chi connectivity index (χ0n) is 29.7. The van der Waals surface area contributed by atoms with E-state index in [1.807, 2.05) is 12.4 Å². The normalized spacial score (nSPS) is 26.4. The summed E-state index contributed by atoms with van der Waals surface area (Å²) in [6.45, 7) is 5.89. The van der Waals surface area contributed by atoms with E-state index >= 15 is 0 Å². The smallest absolute Gasteiger partial charge is 0.156 e. The molecule has 4 aromatic rings. The number of aromatic nitrogens is 6. The average molecular weight is 708 g/mol. The first-order chi connectivity index (χ1) is 24.6. The van der Waals surface area contributed by atoms with Crippen molar-refractivity contribution in [2.45, 2.75) is 130 Å². The van der Waals surface area contributed by atoms with E-state index in [-0.39, 0.29) is 14.9 Å². The molecule has 9 nitrogen and oxygen atoms in total. The highest BCUT2D eigenvalue weighted by atomic mass is 16.5. The summed E-state index contributed by atoms with van der Waals surface area (Å²) < 4.78 is 15.8. The fourth-order valence-electron chi connectivity index (χ4n) is 9.66. The second-order valence-electron chi connectivity index (χ2n) is 16.0. The molecule has 280 valence electrons. The summed E-state index contributed by atoms with van der Waals surface area (Å²) in [5, 5.41) is 0. The number of nitrogens with two attached hydrogens (primary N) is 1. The minimum Gasteiger partial charge on any atom is -0.381 e. The highest BCUT2D eigenvalue weighted by Gasteiger charge is 2.31. The van der Waals surface area contributed by atoms with E-state index in [9.17, 15) is 0 Å². The number of hydrogen-bond donors (Lipinski definition) is 1. The van der Waals surface area contributed by atoms with Gasteiger partial charge < -0.3 is 15.2 Å². The number of rotatable bonds is 4. The van der Waals surface area contributed by atoms with Crippen LogP contribution < -0.4 is 5.73 Å². The Kier molecular flexibility index (Phi) is 11.3. The van der Waals surface area contributed by atoms with Crippen LogP contribution in [0.2, 0.25) is 0 Å². The number of fused-ring (bicyclic) bond motifs is 6. The quantitative estimate of drug-likeness (QED) is 0.226. The summed E-state index contributed by atoms with van der Waals surface area (Å²) in [5.41, 5.74) is 18.6. The molecule has 4 aliphatic carbocycles. The van der Waals surface area contributed by atoms with Crippen molar-refractivity contribution < 1.29 is 9.47 Å². The van der Waals surface area contributed by atoms with Crippen molar-refractivity contribution in [2.24, 2.45) is 23.5 Å². The Labute approximate surface area is 310 Å². The number of allylic oxidation sites excluding steroid dienone is 4. The van der Waals surface area contributed by atoms with Crippen LogP contribution in [0.1, 0.15) is 145 Å². The van der Waals surface area contributed by atoms with E-state index in [1.165, 1.54) is 71.0 Å². The number of nitrogens with zero attached hydrogens (tertiary/aromatic N) is 6. The molecule has 0 unspecified atom stereocenters. The Hall–Kier alpha value is -3.40. The van der Waals surface area contributed by atoms with Crippen molar-refractivity contribution in [1.29, 1.82) is 0 Å². The van der Waals surface area contributed by atoms with Crippen LogP contribution in [-0.4, -0.2) is 61.2 Å². The maximum Gasteiger partial charge on any atom is 0.156 e. The summed E-state index contributed by atoms with van der Waals surface area (Å²) in [6.07, 6.45) is 29.4. The minimum atomic E-state index is 0. The van der Waals surface area contributed by atoms with Crippen LogP contribution in [0.25, 0.3) is 22.4 Å². The predicted molar refractivity (Wildman–Crippen MR) is 209 cm³/mol. The number of hydrogen-bond acceptors (Lipinski definition) is 7. The first-order valence-electron chi connectivity index (χ1n) is 19.6. The van der Waals surface area contributed by atoms with E-state index < -0.39 is 0 Å². The Morgan fingerprint density at radius 3 is 1.44 bits per heavy atom. The Balaban J connectivity index is 0.000000156. The molecule has 4 aromatic heterocycles. The van der Waals surface area contributed by atoms with Crippen LogP contribution in [0.4, 0.5) is 0 Å². The molecule has 6 heterocycles. The summed E-state index contributed by atoms with van der Waals surface area (Å²) >= 11 is 0. The van der Waals surface area contributed by atoms with Gasteiger partial charge >= 0.3 is 0 Å². The zero-order chi connectivity index (χ0) is 33.6. The molecule has 9 heteroatoms. The molecule has 0 atom stereocenters. The topological polar surface area (TPSA) is 105 Å². The standard InChI is InChI=1S/C21H27N3O.C20H26N4O.2CH4/c1-14-2-4-16(5-3-14)19-13-24-20(23-19)12-22-18-7-6-17(21(18)24)15-8-10-25-11-9-15;21-15-3-1-14(2-4-15)18-12-24-19(23-18)11-22-17-6-5-16(20(17)24)13-7-9-25-10-8-13;;/h6,12-16H,2-5,7-11H2,1H3;5,11-15H,1-4,6-10,21H2;2*1H4. The molecule has 2 saturated carbocycles. The van der Waals surface area contributed by atoms with Crippen LogP contribution >= 0.6 is 0 Å². The molecule has 0 amide bonds. The summed E-state index contributed by atoms with van der Waals surface area (Å²) in [5.74, 6) is 3.27. The summed E-state index contributed by atoms with van der Waals surface area (Å²) in [4.78, 5) is 19.3. The first kappa shape index (κ1) is 36.9. The number of ether oxygens (including phenoxy) is 2. The number of imidazole rings is 2. The highest BCUT2D eigenvalue weighted by Crippen LogP contribution is 2.41. The molecule has 0 radical (unpaired) electrons. The Bertz CT molecular complexity index is 1760. The molecule has 0 aromatic carbocycles. The van der Waals surface area contributed by atoms with Crippen LogP contribution in [-0.2, 0) is 22.3 Å². The summed E-state index contributed by atoms with van der Waals surface area (Å²) in [6, 6.07) is 0.377. The lowest BCUT2D eigenvalue weighted by molar-refractivity contribution is 0.0806. The molecule has 4 fully saturated rings. The molecule has 10 rings (SSSR count). The van der Waals surface area contributed by atoms with Crippen molar-refractivity contribution in [1.82, 2.24) is 28.7 Å². The van der Waals surface area contributed by atoms with Gasteiger partial charge in [0.25, 0.3) is 0 Å². The van der Waals surface area contributed by atoms with Crippen molar-refractivity contribution in [3.05, 3.63) is 71.1 Å². The maximum atomic E-state index is 6.07. The molecule has 6 aliphatic rings. The fraction of sp³-hybridized carbons (Fsp3) is 0.628. The molecule has 2 aliphatic heterocycles. The van der Waals surface area contributed by atoms with Gasteiger partial charge in [-0.05, 0) is 93.1 Å². The molecular weight excluding hydrogens is 647 g/mol. The van der Waals surface area contributed by atoms with Gasteiger partial charge in [-0.1, -0.05) is 46.8 Å². The van der Waals surface area contributed by atoms with Crippen molar-refractivity contribution in [2.75, 3.05) is 26.4 Å². The van der Waals surface area contributed by atoms with E-state index in [0.717, 1.165) is 108 Å². The van der Waals surface area contributed by atoms with Gasteiger partial charge in [0.1, 0.15) is 0 Å². The third kappa shape index (κ3) is 7.13. The van der Waals surface area contributed by atoms with Crippen LogP contribution in [0.15, 0.2) is 36.9 Å². The van der Waals surface area contributed by atoms with Gasteiger partial charge in [-0.15, -0.1) is 0 Å². The molecule has 0 bridgehead atoms. The summed E-state index contributed by atoms with van der Waals surface area (Å²) in [7, 11) is 0. The lowest BCUT2D eigenvalue weighted by Crippen LogP contribution is -2.25. The van der Waals surface area contributed by atoms with Gasteiger partial charge in [-0.25, -0.2) is 9.97 Å². The van der Waals surface area contributed by atoms with E-state index in [0.29, 0.717) is 29.7 Å². The second-order valence-corrected chi connectivity index (χ2v) is 16.0. The zero-order valence-corrected chi connectivity index (χ0v) is 29.7. The van der Waals surface area contributed by atoms with E-state index in [1.54, 1.807) is 0 Å². The fourth-order valence-corrected chi connectivity index (χ4v) is 9.66. The lowest BCUT2D eigenvalue weighted by Gasteiger charge is -2.25. The van der Waals surface area contributed by atoms with Gasteiger partial charge in [0.15, 0.2) is 11.3 Å². The third-order valence-corrected chi connectivity index (χ3v) is 12.7. The average Bonchev–Trinajstić information content (AvgIpc) is 3.97. The monoisotopic (exact) mass is 707 g/mol. The Morgan fingerprint density at radius 1 is 0.577 bits per heavy atom. The minimum absolute atomic E-state index is 0. The lowest BCUT2D eigenvalue weighted by atomic mass is 9.82. The van der Waals surface area contributed by atoms with Gasteiger partial charge in [-0.2, -0.15) is 0 Å². The van der Waals surface area contributed by atoms with Gasteiger partial charge in [0, 0.05) is 69.5 Å². The van der Waals surface area contributed by atoms with Crippen molar-refractivity contribution >= 4 is 22.4 Å². The molecule has 52 heavy (non-hydrogen) atoms. The molecule has 2 saturated heterocycles. The molecule has 0 spiro atoms.